The first-order valence-corrected chi connectivity index (χ1v) is 7.50. The van der Waals surface area contributed by atoms with Crippen LogP contribution in [0.4, 0.5) is 10.1 Å². The molecule has 0 aliphatic heterocycles. The second kappa shape index (κ2) is 10.6. The molecule has 1 aromatic carbocycles. The SMILES string of the molecule is CC(=O)OCOC(=O)CN(CC(=O)OCOC(C)=O)c1ccc(F)cc1O. The normalized spacial score (nSPS) is 9.89. The number of phenols is 1. The number of anilines is 1. The monoisotopic (exact) mass is 387 g/mol. The number of nitrogens with zero attached hydrogens (tertiary/aromatic N) is 1. The van der Waals surface area contributed by atoms with Crippen LogP contribution in [-0.2, 0) is 38.1 Å². The van der Waals surface area contributed by atoms with Crippen LogP contribution in [0.15, 0.2) is 18.2 Å². The number of aromatic hydroxyl groups is 1. The van der Waals surface area contributed by atoms with Crippen molar-refractivity contribution in [1.82, 2.24) is 0 Å². The van der Waals surface area contributed by atoms with Gasteiger partial charge in [0.2, 0.25) is 13.6 Å². The highest BCUT2D eigenvalue weighted by molar-refractivity contribution is 5.82. The van der Waals surface area contributed by atoms with Crippen LogP contribution in [0.25, 0.3) is 0 Å². The summed E-state index contributed by atoms with van der Waals surface area (Å²) in [6.45, 7) is -0.125. The van der Waals surface area contributed by atoms with Crippen molar-refractivity contribution in [3.8, 4) is 5.75 Å². The smallest absolute Gasteiger partial charge is 0.328 e. The summed E-state index contributed by atoms with van der Waals surface area (Å²) >= 11 is 0. The maximum Gasteiger partial charge on any atom is 0.328 e. The zero-order valence-corrected chi connectivity index (χ0v) is 14.6. The van der Waals surface area contributed by atoms with Crippen molar-refractivity contribution >= 4 is 29.6 Å². The van der Waals surface area contributed by atoms with E-state index in [2.05, 4.69) is 18.9 Å². The molecule has 0 aliphatic carbocycles. The molecular weight excluding hydrogens is 369 g/mol. The van der Waals surface area contributed by atoms with Gasteiger partial charge in [-0.3, -0.25) is 19.2 Å². The summed E-state index contributed by atoms with van der Waals surface area (Å²) in [5.74, 6) is -4.38. The molecule has 0 saturated heterocycles. The van der Waals surface area contributed by atoms with Crippen molar-refractivity contribution in [2.45, 2.75) is 13.8 Å². The van der Waals surface area contributed by atoms with Crippen LogP contribution in [0.1, 0.15) is 13.8 Å². The Morgan fingerprint density at radius 3 is 1.81 bits per heavy atom. The Labute approximate surface area is 153 Å². The van der Waals surface area contributed by atoms with Gasteiger partial charge in [0, 0.05) is 19.9 Å². The number of rotatable bonds is 9. The highest BCUT2D eigenvalue weighted by atomic mass is 19.1. The van der Waals surface area contributed by atoms with Crippen LogP contribution in [0.5, 0.6) is 5.75 Å². The molecule has 148 valence electrons. The Balaban J connectivity index is 2.79. The Morgan fingerprint density at radius 1 is 0.926 bits per heavy atom. The van der Waals surface area contributed by atoms with Gasteiger partial charge in [-0.1, -0.05) is 0 Å². The second-order valence-electron chi connectivity index (χ2n) is 5.03. The third-order valence-corrected chi connectivity index (χ3v) is 2.88. The molecule has 0 aliphatic rings. The van der Waals surface area contributed by atoms with E-state index in [0.717, 1.165) is 36.9 Å². The molecule has 10 nitrogen and oxygen atoms in total. The third kappa shape index (κ3) is 8.52. The van der Waals surface area contributed by atoms with E-state index in [0.29, 0.717) is 0 Å². The molecule has 0 aromatic heterocycles. The molecule has 27 heavy (non-hydrogen) atoms. The lowest BCUT2D eigenvalue weighted by Gasteiger charge is -2.23. The van der Waals surface area contributed by atoms with Gasteiger partial charge in [0.25, 0.3) is 0 Å². The second-order valence-corrected chi connectivity index (χ2v) is 5.03. The number of esters is 4. The van der Waals surface area contributed by atoms with Gasteiger partial charge in [0.1, 0.15) is 24.7 Å². The van der Waals surface area contributed by atoms with Gasteiger partial charge in [0.05, 0.1) is 5.69 Å². The van der Waals surface area contributed by atoms with Crippen LogP contribution in [-0.4, -0.2) is 55.7 Å². The van der Waals surface area contributed by atoms with Gasteiger partial charge in [-0.05, 0) is 12.1 Å². The maximum atomic E-state index is 13.2. The van der Waals surface area contributed by atoms with Crippen molar-refractivity contribution in [1.29, 1.82) is 0 Å². The average molecular weight is 387 g/mol. The molecule has 0 spiro atoms. The van der Waals surface area contributed by atoms with Crippen molar-refractivity contribution in [2.75, 3.05) is 31.6 Å². The molecule has 0 bridgehead atoms. The minimum Gasteiger partial charge on any atom is -0.506 e. The van der Waals surface area contributed by atoms with Crippen LogP contribution < -0.4 is 4.90 Å². The molecule has 0 amide bonds. The number of halogens is 1. The summed E-state index contributed by atoms with van der Waals surface area (Å²) in [6, 6.07) is 2.94. The molecule has 0 fully saturated rings. The minimum atomic E-state index is -0.896. The topological polar surface area (TPSA) is 129 Å². The summed E-state index contributed by atoms with van der Waals surface area (Å²) in [6.07, 6.45) is 0. The van der Waals surface area contributed by atoms with Crippen molar-refractivity contribution in [3.63, 3.8) is 0 Å². The van der Waals surface area contributed by atoms with Crippen molar-refractivity contribution in [2.24, 2.45) is 0 Å². The number of benzene rings is 1. The standard InChI is InChI=1S/C16H18FNO9/c1-10(19)24-8-26-15(22)6-18(7-16(23)27-9-25-11(2)20)13-4-3-12(17)5-14(13)21/h3-5,21H,6-9H2,1-2H3. The van der Waals surface area contributed by atoms with E-state index in [4.69, 9.17) is 0 Å². The summed E-state index contributed by atoms with van der Waals surface area (Å²) in [5.41, 5.74) is -0.0507. The fraction of sp³-hybridized carbons (Fsp3) is 0.375. The van der Waals surface area contributed by atoms with Gasteiger partial charge in [-0.2, -0.15) is 0 Å². The molecule has 0 heterocycles. The van der Waals surface area contributed by atoms with Gasteiger partial charge in [-0.25, -0.2) is 4.39 Å². The fourth-order valence-corrected chi connectivity index (χ4v) is 1.75. The lowest BCUT2D eigenvalue weighted by molar-refractivity contribution is -0.165. The first-order chi connectivity index (χ1) is 12.7. The van der Waals surface area contributed by atoms with Crippen LogP contribution in [0, 0.1) is 5.82 Å². The third-order valence-electron chi connectivity index (χ3n) is 2.88. The van der Waals surface area contributed by atoms with E-state index >= 15 is 0 Å². The predicted molar refractivity (Wildman–Crippen MR) is 85.7 cm³/mol. The van der Waals surface area contributed by atoms with E-state index in [9.17, 15) is 28.7 Å². The molecule has 1 rings (SSSR count). The summed E-state index contributed by atoms with van der Waals surface area (Å²) in [5, 5.41) is 9.86. The first-order valence-electron chi connectivity index (χ1n) is 7.50. The zero-order valence-electron chi connectivity index (χ0n) is 14.6. The Bertz CT molecular complexity index is 673. The van der Waals surface area contributed by atoms with Gasteiger partial charge >= 0.3 is 23.9 Å². The van der Waals surface area contributed by atoms with Gasteiger partial charge < -0.3 is 29.0 Å². The van der Waals surface area contributed by atoms with E-state index in [1.165, 1.54) is 0 Å². The Morgan fingerprint density at radius 2 is 1.41 bits per heavy atom. The summed E-state index contributed by atoms with van der Waals surface area (Å²) in [4.78, 5) is 46.0. The predicted octanol–water partition coefficient (Wildman–Crippen LogP) is 0.465. The van der Waals surface area contributed by atoms with E-state index < -0.39 is 62.1 Å². The molecule has 0 atom stereocenters. The lowest BCUT2D eigenvalue weighted by Crippen LogP contribution is -2.36. The van der Waals surface area contributed by atoms with E-state index in [1.807, 2.05) is 0 Å². The maximum absolute atomic E-state index is 13.2. The molecule has 0 unspecified atom stereocenters. The number of carbonyl (C=O) groups is 4. The molecule has 11 heteroatoms. The zero-order chi connectivity index (χ0) is 20.4. The van der Waals surface area contributed by atoms with Crippen molar-refractivity contribution < 1.29 is 47.6 Å². The van der Waals surface area contributed by atoms with Crippen molar-refractivity contribution in [3.05, 3.63) is 24.0 Å². The number of phenolic OH excluding ortho intramolecular Hbond substituents is 1. The summed E-state index contributed by atoms with van der Waals surface area (Å²) in [7, 11) is 0. The Hall–Kier alpha value is -3.37. The minimum absolute atomic E-state index is 0.0507. The largest absolute Gasteiger partial charge is 0.506 e. The van der Waals surface area contributed by atoms with Gasteiger partial charge in [0.15, 0.2) is 0 Å². The first kappa shape index (κ1) is 21.7. The molecule has 0 radical (unpaired) electrons. The highest BCUT2D eigenvalue weighted by Gasteiger charge is 2.20. The number of carbonyl (C=O) groups excluding carboxylic acids is 4. The number of ether oxygens (including phenoxy) is 4. The number of hydrogen-bond donors (Lipinski definition) is 1. The van der Waals surface area contributed by atoms with Crippen LogP contribution in [0.3, 0.4) is 0 Å². The molecule has 1 N–H and O–H groups in total. The molecule has 0 saturated carbocycles. The van der Waals surface area contributed by atoms with Crippen LogP contribution >= 0.6 is 0 Å². The quantitative estimate of drug-likeness (QED) is 0.471. The average Bonchev–Trinajstić information content (AvgIpc) is 2.53. The lowest BCUT2D eigenvalue weighted by atomic mass is 10.2. The summed E-state index contributed by atoms with van der Waals surface area (Å²) < 4.78 is 31.4. The van der Waals surface area contributed by atoms with Crippen LogP contribution in [0.2, 0.25) is 0 Å². The van der Waals surface area contributed by atoms with Gasteiger partial charge in [-0.15, -0.1) is 0 Å². The number of hydrogen-bond acceptors (Lipinski definition) is 10. The fourth-order valence-electron chi connectivity index (χ4n) is 1.75. The molecular formula is C16H18FNO9. The Kier molecular flexibility index (Phi) is 8.49. The molecule has 1 aromatic rings. The van der Waals surface area contributed by atoms with E-state index in [1.54, 1.807) is 0 Å². The highest BCUT2D eigenvalue weighted by Crippen LogP contribution is 2.27. The van der Waals surface area contributed by atoms with E-state index in [-0.39, 0.29) is 5.69 Å².